The first kappa shape index (κ1) is 20.0. The predicted octanol–water partition coefficient (Wildman–Crippen LogP) is 4.44. The highest BCUT2D eigenvalue weighted by molar-refractivity contribution is 7.99. The summed E-state index contributed by atoms with van der Waals surface area (Å²) in [4.78, 5) is 6.91. The summed E-state index contributed by atoms with van der Waals surface area (Å²) in [6.45, 7) is 10.9. The average Bonchev–Trinajstić information content (AvgIpc) is 3.44. The molecule has 0 unspecified atom stereocenters. The van der Waals surface area contributed by atoms with E-state index in [9.17, 15) is 0 Å². The van der Waals surface area contributed by atoms with E-state index >= 15 is 0 Å². The molecule has 3 aromatic rings. The van der Waals surface area contributed by atoms with Crippen molar-refractivity contribution in [3.8, 4) is 0 Å². The fourth-order valence-electron chi connectivity index (χ4n) is 3.31. The lowest BCUT2D eigenvalue weighted by atomic mass is 9.96. The summed E-state index contributed by atoms with van der Waals surface area (Å²) in [6.07, 6.45) is 5.34. The van der Waals surface area contributed by atoms with Crippen LogP contribution in [0.15, 0.2) is 32.5 Å². The number of rotatable bonds is 6. The van der Waals surface area contributed by atoms with E-state index in [-0.39, 0.29) is 10.7 Å². The third-order valence-electron chi connectivity index (χ3n) is 4.97. The van der Waals surface area contributed by atoms with Gasteiger partial charge in [-0.05, 0) is 38.3 Å². The van der Waals surface area contributed by atoms with Crippen LogP contribution in [-0.4, -0.2) is 38.0 Å². The van der Waals surface area contributed by atoms with Crippen LogP contribution >= 0.6 is 11.8 Å². The standard InChI is InChI=1S/C20H28N6O2S/c1-14(16-21-17(24-28-16)20(2,3)4)29-19-23-22-18(25-10-6-5-7-11-25)26(19)13-15-9-8-12-27-15/h8-9,12,14H,5-7,10-11,13H2,1-4H3/t14-/m1/s1. The number of piperidine rings is 1. The zero-order valence-electron chi connectivity index (χ0n) is 17.5. The first-order chi connectivity index (χ1) is 13.9. The molecule has 8 nitrogen and oxygen atoms in total. The largest absolute Gasteiger partial charge is 0.467 e. The van der Waals surface area contributed by atoms with Gasteiger partial charge in [0.2, 0.25) is 11.8 Å². The minimum atomic E-state index is -0.146. The van der Waals surface area contributed by atoms with Crippen molar-refractivity contribution in [1.82, 2.24) is 24.9 Å². The lowest BCUT2D eigenvalue weighted by Gasteiger charge is -2.27. The Hall–Kier alpha value is -2.29. The fraction of sp³-hybridized carbons (Fsp3) is 0.600. The van der Waals surface area contributed by atoms with Crippen molar-refractivity contribution in [2.45, 2.75) is 69.3 Å². The highest BCUT2D eigenvalue weighted by Gasteiger charge is 2.26. The normalized spacial score (nSPS) is 16.3. The van der Waals surface area contributed by atoms with Gasteiger partial charge in [0.15, 0.2) is 11.0 Å². The van der Waals surface area contributed by atoms with Crippen molar-refractivity contribution >= 4 is 17.7 Å². The van der Waals surface area contributed by atoms with Crippen molar-refractivity contribution in [3.63, 3.8) is 0 Å². The Morgan fingerprint density at radius 2 is 1.97 bits per heavy atom. The van der Waals surface area contributed by atoms with Gasteiger partial charge in [0.05, 0.1) is 18.1 Å². The van der Waals surface area contributed by atoms with Crippen molar-refractivity contribution in [1.29, 1.82) is 0 Å². The minimum Gasteiger partial charge on any atom is -0.467 e. The van der Waals surface area contributed by atoms with E-state index in [2.05, 4.69) is 57.5 Å². The molecule has 4 rings (SSSR count). The number of anilines is 1. The summed E-state index contributed by atoms with van der Waals surface area (Å²) in [6, 6.07) is 3.88. The molecular weight excluding hydrogens is 388 g/mol. The molecule has 1 atom stereocenters. The first-order valence-corrected chi connectivity index (χ1v) is 11.0. The molecular formula is C20H28N6O2S. The Kier molecular flexibility index (Phi) is 5.67. The van der Waals surface area contributed by atoms with Crippen molar-refractivity contribution in [2.75, 3.05) is 18.0 Å². The highest BCUT2D eigenvalue weighted by Crippen LogP contribution is 2.36. The monoisotopic (exact) mass is 416 g/mol. The van der Waals surface area contributed by atoms with Gasteiger partial charge < -0.3 is 13.8 Å². The molecule has 4 heterocycles. The summed E-state index contributed by atoms with van der Waals surface area (Å²) < 4.78 is 13.2. The Morgan fingerprint density at radius 1 is 1.17 bits per heavy atom. The maximum atomic E-state index is 5.59. The van der Waals surface area contributed by atoms with Crippen LogP contribution in [-0.2, 0) is 12.0 Å². The van der Waals surface area contributed by atoms with E-state index in [0.29, 0.717) is 18.3 Å². The lowest BCUT2D eigenvalue weighted by Crippen LogP contribution is -2.32. The fourth-order valence-corrected chi connectivity index (χ4v) is 4.18. The Bertz CT molecular complexity index is 921. The Labute approximate surface area is 175 Å². The van der Waals surface area contributed by atoms with E-state index in [1.807, 2.05) is 12.1 Å². The van der Waals surface area contributed by atoms with Crippen LogP contribution in [0.4, 0.5) is 5.95 Å². The van der Waals surface area contributed by atoms with Crippen LogP contribution in [0.2, 0.25) is 0 Å². The summed E-state index contributed by atoms with van der Waals surface area (Å²) in [5, 5.41) is 14.0. The first-order valence-electron chi connectivity index (χ1n) is 10.1. The van der Waals surface area contributed by atoms with Gasteiger partial charge in [0, 0.05) is 18.5 Å². The van der Waals surface area contributed by atoms with Gasteiger partial charge in [0.25, 0.3) is 0 Å². The highest BCUT2D eigenvalue weighted by atomic mass is 32.2. The summed E-state index contributed by atoms with van der Waals surface area (Å²) in [5.41, 5.74) is -0.146. The SMILES string of the molecule is C[C@@H](Sc1nnc(N2CCCCC2)n1Cc1ccco1)c1nc(C(C)(C)C)no1. The molecule has 29 heavy (non-hydrogen) atoms. The van der Waals surface area contributed by atoms with Gasteiger partial charge in [-0.2, -0.15) is 4.98 Å². The van der Waals surface area contributed by atoms with Crippen LogP contribution in [0.25, 0.3) is 0 Å². The molecule has 0 radical (unpaired) electrons. The second-order valence-corrected chi connectivity index (χ2v) is 9.77. The zero-order valence-corrected chi connectivity index (χ0v) is 18.3. The van der Waals surface area contributed by atoms with Crippen molar-refractivity contribution in [2.24, 2.45) is 0 Å². The number of aromatic nitrogens is 5. The number of hydrogen-bond acceptors (Lipinski definition) is 8. The number of hydrogen-bond donors (Lipinski definition) is 0. The second-order valence-electron chi connectivity index (χ2n) is 8.46. The van der Waals surface area contributed by atoms with E-state index < -0.39 is 0 Å². The molecule has 0 N–H and O–H groups in total. The lowest BCUT2D eigenvalue weighted by molar-refractivity contribution is 0.364. The molecule has 0 saturated carbocycles. The third kappa shape index (κ3) is 4.49. The number of furan rings is 1. The molecule has 3 aromatic heterocycles. The third-order valence-corrected chi connectivity index (χ3v) is 6.04. The van der Waals surface area contributed by atoms with E-state index in [1.54, 1.807) is 18.0 Å². The van der Waals surface area contributed by atoms with Crippen molar-refractivity contribution < 1.29 is 8.94 Å². The summed E-state index contributed by atoms with van der Waals surface area (Å²) in [7, 11) is 0. The number of thioether (sulfide) groups is 1. The number of nitrogens with zero attached hydrogens (tertiary/aromatic N) is 6. The molecule has 156 valence electrons. The Morgan fingerprint density at radius 3 is 2.62 bits per heavy atom. The maximum Gasteiger partial charge on any atom is 0.239 e. The van der Waals surface area contributed by atoms with Gasteiger partial charge in [-0.15, -0.1) is 10.2 Å². The summed E-state index contributed by atoms with van der Waals surface area (Å²) in [5.74, 6) is 3.10. The summed E-state index contributed by atoms with van der Waals surface area (Å²) >= 11 is 1.58. The van der Waals surface area contributed by atoms with Crippen molar-refractivity contribution in [3.05, 3.63) is 35.9 Å². The molecule has 0 aromatic carbocycles. The molecule has 1 aliphatic heterocycles. The smallest absolute Gasteiger partial charge is 0.239 e. The van der Waals surface area contributed by atoms with E-state index in [0.717, 1.165) is 30.0 Å². The van der Waals surface area contributed by atoms with Crippen LogP contribution in [0, 0.1) is 0 Å². The van der Waals surface area contributed by atoms with Gasteiger partial charge in [-0.25, -0.2) is 0 Å². The van der Waals surface area contributed by atoms with Crippen LogP contribution in [0.5, 0.6) is 0 Å². The quantitative estimate of drug-likeness (QED) is 0.545. The zero-order chi connectivity index (χ0) is 20.4. The van der Waals surface area contributed by atoms with Gasteiger partial charge in [-0.3, -0.25) is 4.57 Å². The van der Waals surface area contributed by atoms with Gasteiger partial charge in [-0.1, -0.05) is 37.7 Å². The van der Waals surface area contributed by atoms with Crippen LogP contribution in [0.3, 0.4) is 0 Å². The second kappa shape index (κ2) is 8.22. The molecule has 0 bridgehead atoms. The molecule has 0 aliphatic carbocycles. The molecule has 0 spiro atoms. The van der Waals surface area contributed by atoms with Gasteiger partial charge in [0.1, 0.15) is 5.76 Å². The maximum absolute atomic E-state index is 5.59. The van der Waals surface area contributed by atoms with E-state index in [1.165, 1.54) is 19.3 Å². The molecule has 0 amide bonds. The predicted molar refractivity (Wildman–Crippen MR) is 111 cm³/mol. The van der Waals surface area contributed by atoms with E-state index in [4.69, 9.17) is 8.94 Å². The molecule has 1 aliphatic rings. The minimum absolute atomic E-state index is 0.0349. The topological polar surface area (TPSA) is 86.0 Å². The Balaban J connectivity index is 1.58. The molecule has 1 fully saturated rings. The van der Waals surface area contributed by atoms with Crippen LogP contribution in [0.1, 0.15) is 69.7 Å². The van der Waals surface area contributed by atoms with Crippen LogP contribution < -0.4 is 4.90 Å². The molecule has 1 saturated heterocycles. The molecule has 9 heteroatoms. The van der Waals surface area contributed by atoms with Gasteiger partial charge >= 0.3 is 0 Å². The average molecular weight is 417 g/mol.